The number of nitrogens with one attached hydrogen (secondary N) is 1. The zero-order valence-corrected chi connectivity index (χ0v) is 9.90. The minimum atomic E-state index is -0.741. The predicted molar refractivity (Wildman–Crippen MR) is 63.0 cm³/mol. The number of para-hydroxylation sites is 1. The summed E-state index contributed by atoms with van der Waals surface area (Å²) < 4.78 is 0. The first-order valence-corrected chi connectivity index (χ1v) is 5.38. The monoisotopic (exact) mass is 239 g/mol. The lowest BCUT2D eigenvalue weighted by Gasteiger charge is -2.27. The van der Waals surface area contributed by atoms with Gasteiger partial charge in [0, 0.05) is 0 Å². The van der Waals surface area contributed by atoms with Crippen molar-refractivity contribution in [3.05, 3.63) is 23.8 Å². The topological polar surface area (TPSA) is 89.8 Å². The predicted octanol–water partition coefficient (Wildman–Crippen LogP) is 0.989. The molecule has 1 unspecified atom stereocenters. The molecule has 0 saturated carbocycles. The van der Waals surface area contributed by atoms with E-state index in [2.05, 4.69) is 5.32 Å². The van der Waals surface area contributed by atoms with Gasteiger partial charge in [0.1, 0.15) is 0 Å². The molecule has 0 saturated heterocycles. The number of hydrogen-bond donors (Lipinski definition) is 4. The van der Waals surface area contributed by atoms with Crippen LogP contribution in [0, 0.1) is 0 Å². The molecule has 1 aromatic carbocycles. The molecule has 4 N–H and O–H groups in total. The highest BCUT2D eigenvalue weighted by Crippen LogP contribution is 2.28. The fraction of sp³-hybridized carbons (Fsp3) is 0.417. The standard InChI is InChI=1S/C12H17NO4/c1-3-12(2,7-14)13-11(17)8-5-4-6-9(15)10(8)16/h4-6,14-16H,3,7H2,1-2H3,(H,13,17). The van der Waals surface area contributed by atoms with Crippen LogP contribution in [0.4, 0.5) is 0 Å². The van der Waals surface area contributed by atoms with Crippen LogP contribution in [0.2, 0.25) is 0 Å². The van der Waals surface area contributed by atoms with Crippen LogP contribution in [-0.2, 0) is 0 Å². The largest absolute Gasteiger partial charge is 0.504 e. The van der Waals surface area contributed by atoms with E-state index in [1.807, 2.05) is 6.92 Å². The number of rotatable bonds is 4. The summed E-state index contributed by atoms with van der Waals surface area (Å²) in [7, 11) is 0. The highest BCUT2D eigenvalue weighted by atomic mass is 16.3. The molecular weight excluding hydrogens is 222 g/mol. The van der Waals surface area contributed by atoms with Gasteiger partial charge in [0.05, 0.1) is 17.7 Å². The summed E-state index contributed by atoms with van der Waals surface area (Å²) in [6.07, 6.45) is 0.550. The molecule has 0 aliphatic carbocycles. The summed E-state index contributed by atoms with van der Waals surface area (Å²) in [5.74, 6) is -1.34. The second-order valence-corrected chi connectivity index (χ2v) is 4.20. The van der Waals surface area contributed by atoms with Crippen molar-refractivity contribution in [3.8, 4) is 11.5 Å². The van der Waals surface area contributed by atoms with Crippen molar-refractivity contribution in [2.45, 2.75) is 25.8 Å². The average molecular weight is 239 g/mol. The van der Waals surface area contributed by atoms with Gasteiger partial charge in [-0.3, -0.25) is 4.79 Å². The van der Waals surface area contributed by atoms with Crippen molar-refractivity contribution in [1.82, 2.24) is 5.32 Å². The van der Waals surface area contributed by atoms with Gasteiger partial charge in [-0.25, -0.2) is 0 Å². The van der Waals surface area contributed by atoms with Crippen molar-refractivity contribution in [2.24, 2.45) is 0 Å². The van der Waals surface area contributed by atoms with E-state index in [0.717, 1.165) is 0 Å². The molecule has 0 bridgehead atoms. The summed E-state index contributed by atoms with van der Waals surface area (Å²) in [4.78, 5) is 11.9. The Bertz CT molecular complexity index is 413. The Hall–Kier alpha value is -1.75. The number of benzene rings is 1. The first kappa shape index (κ1) is 13.3. The Labute approximate surface area is 99.7 Å². The smallest absolute Gasteiger partial charge is 0.255 e. The number of hydrogen-bond acceptors (Lipinski definition) is 4. The van der Waals surface area contributed by atoms with Crippen LogP contribution in [0.5, 0.6) is 11.5 Å². The van der Waals surface area contributed by atoms with Gasteiger partial charge in [0.25, 0.3) is 5.91 Å². The molecule has 1 amide bonds. The maximum Gasteiger partial charge on any atom is 0.255 e. The van der Waals surface area contributed by atoms with Crippen LogP contribution in [-0.4, -0.2) is 33.4 Å². The number of carbonyl (C=O) groups excluding carboxylic acids is 1. The Kier molecular flexibility index (Phi) is 3.96. The number of aromatic hydroxyl groups is 2. The fourth-order valence-corrected chi connectivity index (χ4v) is 1.30. The number of aliphatic hydroxyl groups is 1. The van der Waals surface area contributed by atoms with Crippen LogP contribution in [0.25, 0.3) is 0 Å². The van der Waals surface area contributed by atoms with Crippen molar-refractivity contribution >= 4 is 5.91 Å². The summed E-state index contributed by atoms with van der Waals surface area (Å²) in [6.45, 7) is 3.33. The van der Waals surface area contributed by atoms with Gasteiger partial charge >= 0.3 is 0 Å². The summed E-state index contributed by atoms with van der Waals surface area (Å²) >= 11 is 0. The summed E-state index contributed by atoms with van der Waals surface area (Å²) in [5, 5.41) is 30.6. The first-order chi connectivity index (χ1) is 7.93. The first-order valence-electron chi connectivity index (χ1n) is 5.38. The molecular formula is C12H17NO4. The lowest BCUT2D eigenvalue weighted by Crippen LogP contribution is -2.48. The number of phenols is 2. The van der Waals surface area contributed by atoms with Crippen LogP contribution in [0.1, 0.15) is 30.6 Å². The minimum Gasteiger partial charge on any atom is -0.504 e. The molecule has 1 atom stereocenters. The molecule has 1 aromatic rings. The molecule has 1 rings (SSSR count). The van der Waals surface area contributed by atoms with Gasteiger partial charge in [-0.05, 0) is 25.5 Å². The van der Waals surface area contributed by atoms with Crippen molar-refractivity contribution in [1.29, 1.82) is 0 Å². The third-order valence-electron chi connectivity index (χ3n) is 2.80. The van der Waals surface area contributed by atoms with E-state index in [-0.39, 0.29) is 17.9 Å². The van der Waals surface area contributed by atoms with Gasteiger partial charge in [-0.2, -0.15) is 0 Å². The molecule has 0 radical (unpaired) electrons. The molecule has 94 valence electrons. The van der Waals surface area contributed by atoms with E-state index in [4.69, 9.17) is 0 Å². The lowest BCUT2D eigenvalue weighted by atomic mass is 9.99. The van der Waals surface area contributed by atoms with Gasteiger partial charge < -0.3 is 20.6 Å². The second-order valence-electron chi connectivity index (χ2n) is 4.20. The summed E-state index contributed by atoms with van der Waals surface area (Å²) in [6, 6.07) is 4.15. The Morgan fingerprint density at radius 2 is 2.06 bits per heavy atom. The summed E-state index contributed by atoms with van der Waals surface area (Å²) in [5.41, 5.74) is -0.757. The zero-order chi connectivity index (χ0) is 13.1. The normalized spacial score (nSPS) is 14.1. The van der Waals surface area contributed by atoms with Gasteiger partial charge in [-0.1, -0.05) is 13.0 Å². The lowest BCUT2D eigenvalue weighted by molar-refractivity contribution is 0.0844. The quantitative estimate of drug-likeness (QED) is 0.590. The number of carbonyl (C=O) groups is 1. The molecule has 5 heteroatoms. The van der Waals surface area contributed by atoms with Gasteiger partial charge in [-0.15, -0.1) is 0 Å². The molecule has 17 heavy (non-hydrogen) atoms. The van der Waals surface area contributed by atoms with Crippen LogP contribution in [0.15, 0.2) is 18.2 Å². The fourth-order valence-electron chi connectivity index (χ4n) is 1.30. The van der Waals surface area contributed by atoms with Crippen LogP contribution >= 0.6 is 0 Å². The highest BCUT2D eigenvalue weighted by molar-refractivity contribution is 5.98. The molecule has 0 aliphatic rings. The number of aliphatic hydroxyl groups excluding tert-OH is 1. The molecule has 0 heterocycles. The maximum absolute atomic E-state index is 11.9. The molecule has 0 aromatic heterocycles. The highest BCUT2D eigenvalue weighted by Gasteiger charge is 2.25. The van der Waals surface area contributed by atoms with E-state index in [9.17, 15) is 20.1 Å². The number of amides is 1. The van der Waals surface area contributed by atoms with Crippen molar-refractivity contribution in [2.75, 3.05) is 6.61 Å². The van der Waals surface area contributed by atoms with Crippen molar-refractivity contribution < 1.29 is 20.1 Å². The van der Waals surface area contributed by atoms with E-state index in [1.165, 1.54) is 18.2 Å². The van der Waals surface area contributed by atoms with Crippen LogP contribution < -0.4 is 5.32 Å². The SMILES string of the molecule is CCC(C)(CO)NC(=O)c1cccc(O)c1O. The third-order valence-corrected chi connectivity index (χ3v) is 2.80. The molecule has 0 aliphatic heterocycles. The Morgan fingerprint density at radius 3 is 2.59 bits per heavy atom. The van der Waals surface area contributed by atoms with E-state index < -0.39 is 17.2 Å². The van der Waals surface area contributed by atoms with Gasteiger partial charge in [0.2, 0.25) is 0 Å². The average Bonchev–Trinajstić information content (AvgIpc) is 2.32. The molecule has 5 nitrogen and oxygen atoms in total. The Balaban J connectivity index is 2.94. The molecule has 0 fully saturated rings. The maximum atomic E-state index is 11.9. The second kappa shape index (κ2) is 5.05. The number of phenolic OH excluding ortho intramolecular Hbond substituents is 2. The van der Waals surface area contributed by atoms with E-state index >= 15 is 0 Å². The van der Waals surface area contributed by atoms with Crippen LogP contribution in [0.3, 0.4) is 0 Å². The Morgan fingerprint density at radius 1 is 1.41 bits per heavy atom. The van der Waals surface area contributed by atoms with Crippen molar-refractivity contribution in [3.63, 3.8) is 0 Å². The minimum absolute atomic E-state index is 0.0156. The van der Waals surface area contributed by atoms with E-state index in [0.29, 0.717) is 6.42 Å². The zero-order valence-electron chi connectivity index (χ0n) is 9.90. The molecule has 0 spiro atoms. The van der Waals surface area contributed by atoms with E-state index in [1.54, 1.807) is 6.92 Å². The third kappa shape index (κ3) is 2.88. The van der Waals surface area contributed by atoms with Gasteiger partial charge in [0.15, 0.2) is 11.5 Å².